The molecule has 14 heavy (non-hydrogen) atoms. The van der Waals surface area contributed by atoms with E-state index in [0.29, 0.717) is 6.61 Å². The second-order valence-electron chi connectivity index (χ2n) is 2.99. The number of nitrogens with two attached hydrogens (primary N) is 1. The lowest BCUT2D eigenvalue weighted by Gasteiger charge is -2.10. The summed E-state index contributed by atoms with van der Waals surface area (Å²) >= 11 is 0. The van der Waals surface area contributed by atoms with Gasteiger partial charge in [0.25, 0.3) is 0 Å². The first-order chi connectivity index (χ1) is 6.65. The molecule has 3 N–H and O–H groups in total. The number of aromatic carboxylic acids is 1. The van der Waals surface area contributed by atoms with Gasteiger partial charge in [-0.25, -0.2) is 4.79 Å². The molecule has 0 aliphatic heterocycles. The Balaban J connectivity index is 2.87. The van der Waals surface area contributed by atoms with E-state index in [2.05, 4.69) is 0 Å². The van der Waals surface area contributed by atoms with Crippen molar-refractivity contribution in [1.82, 2.24) is 0 Å². The molecule has 4 heteroatoms. The first kappa shape index (κ1) is 10.7. The Hall–Kier alpha value is -1.39. The molecule has 1 aromatic carbocycles. The third-order valence-electron chi connectivity index (χ3n) is 1.91. The van der Waals surface area contributed by atoms with E-state index in [9.17, 15) is 4.79 Å². The summed E-state index contributed by atoms with van der Waals surface area (Å²) in [7, 11) is 1.56. The Labute approximate surface area is 82.3 Å². The van der Waals surface area contributed by atoms with Crippen LogP contribution >= 0.6 is 0 Å². The van der Waals surface area contributed by atoms with Gasteiger partial charge in [0.05, 0.1) is 18.2 Å². The normalized spacial score (nSPS) is 12.4. The zero-order valence-corrected chi connectivity index (χ0v) is 7.93. The molecule has 1 rings (SSSR count). The van der Waals surface area contributed by atoms with Gasteiger partial charge in [-0.3, -0.25) is 0 Å². The highest BCUT2D eigenvalue weighted by molar-refractivity contribution is 5.87. The molecule has 0 heterocycles. The first-order valence-electron chi connectivity index (χ1n) is 4.23. The summed E-state index contributed by atoms with van der Waals surface area (Å²) in [6, 6.07) is 6.28. The van der Waals surface area contributed by atoms with Crippen LogP contribution in [0, 0.1) is 0 Å². The molecule has 1 aromatic rings. The van der Waals surface area contributed by atoms with Crippen LogP contribution in [0.1, 0.15) is 22.0 Å². The van der Waals surface area contributed by atoms with E-state index in [-0.39, 0.29) is 11.6 Å². The van der Waals surface area contributed by atoms with E-state index in [0.717, 1.165) is 5.56 Å². The zero-order valence-electron chi connectivity index (χ0n) is 7.93. The van der Waals surface area contributed by atoms with Crippen molar-refractivity contribution in [3.05, 3.63) is 35.4 Å². The maximum Gasteiger partial charge on any atom is 0.335 e. The van der Waals surface area contributed by atoms with Crippen molar-refractivity contribution >= 4 is 5.97 Å². The predicted octanol–water partition coefficient (Wildman–Crippen LogP) is 1.03. The SMILES string of the molecule is COC[C@@H](N)c1cccc(C(=O)O)c1. The maximum atomic E-state index is 10.7. The molecule has 0 aliphatic carbocycles. The molecule has 0 aromatic heterocycles. The number of rotatable bonds is 4. The average molecular weight is 195 g/mol. The Kier molecular flexibility index (Phi) is 3.62. The molecule has 1 atom stereocenters. The summed E-state index contributed by atoms with van der Waals surface area (Å²) in [5, 5.41) is 8.75. The topological polar surface area (TPSA) is 72.5 Å². The van der Waals surface area contributed by atoms with Gasteiger partial charge in [-0.05, 0) is 17.7 Å². The van der Waals surface area contributed by atoms with Crippen molar-refractivity contribution in [3.63, 3.8) is 0 Å². The van der Waals surface area contributed by atoms with Crippen molar-refractivity contribution in [1.29, 1.82) is 0 Å². The second-order valence-corrected chi connectivity index (χ2v) is 2.99. The molecule has 0 radical (unpaired) electrons. The van der Waals surface area contributed by atoms with E-state index in [1.807, 2.05) is 0 Å². The van der Waals surface area contributed by atoms with E-state index in [1.54, 1.807) is 25.3 Å². The number of hydrogen-bond donors (Lipinski definition) is 2. The van der Waals surface area contributed by atoms with E-state index >= 15 is 0 Å². The smallest absolute Gasteiger partial charge is 0.335 e. The second kappa shape index (κ2) is 4.74. The van der Waals surface area contributed by atoms with Gasteiger partial charge >= 0.3 is 5.97 Å². The fourth-order valence-corrected chi connectivity index (χ4v) is 1.18. The van der Waals surface area contributed by atoms with E-state index < -0.39 is 5.97 Å². The van der Waals surface area contributed by atoms with Gasteiger partial charge in [0, 0.05) is 7.11 Å². The lowest BCUT2D eigenvalue weighted by Crippen LogP contribution is -2.16. The van der Waals surface area contributed by atoms with Gasteiger partial charge in [0.2, 0.25) is 0 Å². The summed E-state index contributed by atoms with van der Waals surface area (Å²) in [5.41, 5.74) is 6.77. The van der Waals surface area contributed by atoms with Gasteiger partial charge in [0.1, 0.15) is 0 Å². The summed E-state index contributed by atoms with van der Waals surface area (Å²) in [6.07, 6.45) is 0. The third-order valence-corrected chi connectivity index (χ3v) is 1.91. The van der Waals surface area contributed by atoms with Crippen LogP contribution < -0.4 is 5.73 Å². The third kappa shape index (κ3) is 2.55. The fourth-order valence-electron chi connectivity index (χ4n) is 1.18. The molecular formula is C10H13NO3. The molecule has 0 spiro atoms. The molecule has 0 saturated heterocycles. The van der Waals surface area contributed by atoms with Crippen molar-refractivity contribution in [2.75, 3.05) is 13.7 Å². The summed E-state index contributed by atoms with van der Waals surface area (Å²) < 4.78 is 4.89. The van der Waals surface area contributed by atoms with Crippen LogP contribution in [0.2, 0.25) is 0 Å². The van der Waals surface area contributed by atoms with Crippen LogP contribution in [-0.4, -0.2) is 24.8 Å². The summed E-state index contributed by atoms with van der Waals surface area (Å²) in [6.45, 7) is 0.378. The number of benzene rings is 1. The molecule has 0 bridgehead atoms. The van der Waals surface area contributed by atoms with Crippen molar-refractivity contribution < 1.29 is 14.6 Å². The zero-order chi connectivity index (χ0) is 10.6. The van der Waals surface area contributed by atoms with Crippen LogP contribution in [0.5, 0.6) is 0 Å². The van der Waals surface area contributed by atoms with Crippen molar-refractivity contribution in [2.24, 2.45) is 5.73 Å². The number of ether oxygens (including phenoxy) is 1. The highest BCUT2D eigenvalue weighted by Crippen LogP contribution is 2.12. The van der Waals surface area contributed by atoms with Crippen molar-refractivity contribution in [3.8, 4) is 0 Å². The molecule has 0 amide bonds. The van der Waals surface area contributed by atoms with Gasteiger partial charge in [-0.15, -0.1) is 0 Å². The molecule has 0 aliphatic rings. The van der Waals surface area contributed by atoms with Gasteiger partial charge in [-0.2, -0.15) is 0 Å². The van der Waals surface area contributed by atoms with Gasteiger partial charge in [0.15, 0.2) is 0 Å². The lowest BCUT2D eigenvalue weighted by atomic mass is 10.1. The standard InChI is InChI=1S/C10H13NO3/c1-14-6-9(11)7-3-2-4-8(5-7)10(12)13/h2-5,9H,6,11H2,1H3,(H,12,13)/t9-/m1/s1. The van der Waals surface area contributed by atoms with Gasteiger partial charge < -0.3 is 15.6 Å². The van der Waals surface area contributed by atoms with Crippen LogP contribution in [0.3, 0.4) is 0 Å². The molecular weight excluding hydrogens is 182 g/mol. The Morgan fingerprint density at radius 3 is 2.93 bits per heavy atom. The summed E-state index contributed by atoms with van der Waals surface area (Å²) in [4.78, 5) is 10.7. The average Bonchev–Trinajstić information content (AvgIpc) is 2.18. The number of hydrogen-bond acceptors (Lipinski definition) is 3. The Morgan fingerprint density at radius 1 is 1.64 bits per heavy atom. The number of carboxylic acids is 1. The van der Waals surface area contributed by atoms with Gasteiger partial charge in [-0.1, -0.05) is 12.1 Å². The minimum absolute atomic E-state index is 0.244. The largest absolute Gasteiger partial charge is 0.478 e. The van der Waals surface area contributed by atoms with Crippen molar-refractivity contribution in [2.45, 2.75) is 6.04 Å². The number of carbonyl (C=O) groups is 1. The number of methoxy groups -OCH3 is 1. The molecule has 0 fully saturated rings. The predicted molar refractivity (Wildman–Crippen MR) is 52.2 cm³/mol. The van der Waals surface area contributed by atoms with E-state index in [4.69, 9.17) is 15.6 Å². The highest BCUT2D eigenvalue weighted by Gasteiger charge is 2.08. The van der Waals surface area contributed by atoms with E-state index in [1.165, 1.54) is 6.07 Å². The maximum absolute atomic E-state index is 10.7. The molecule has 76 valence electrons. The minimum atomic E-state index is -0.948. The minimum Gasteiger partial charge on any atom is -0.478 e. The quantitative estimate of drug-likeness (QED) is 0.752. The first-order valence-corrected chi connectivity index (χ1v) is 4.23. The fraction of sp³-hybridized carbons (Fsp3) is 0.300. The van der Waals surface area contributed by atoms with Crippen LogP contribution in [0.15, 0.2) is 24.3 Å². The Bertz CT molecular complexity index is 325. The monoisotopic (exact) mass is 195 g/mol. The summed E-state index contributed by atoms with van der Waals surface area (Å²) in [5.74, 6) is -0.948. The highest BCUT2D eigenvalue weighted by atomic mass is 16.5. The molecule has 4 nitrogen and oxygen atoms in total. The van der Waals surface area contributed by atoms with Crippen LogP contribution in [0.25, 0.3) is 0 Å². The molecule has 0 saturated carbocycles. The van der Waals surface area contributed by atoms with Crippen LogP contribution in [0.4, 0.5) is 0 Å². The number of carboxylic acid groups (broad SMARTS) is 1. The molecule has 0 unspecified atom stereocenters. The Morgan fingerprint density at radius 2 is 2.36 bits per heavy atom. The van der Waals surface area contributed by atoms with Crippen LogP contribution in [-0.2, 0) is 4.74 Å². The lowest BCUT2D eigenvalue weighted by molar-refractivity contribution is 0.0696.